The Morgan fingerprint density at radius 1 is 1.34 bits per heavy atom. The van der Waals surface area contributed by atoms with Crippen molar-refractivity contribution in [3.05, 3.63) is 46.9 Å². The van der Waals surface area contributed by atoms with Crippen molar-refractivity contribution in [2.75, 3.05) is 33.4 Å². The van der Waals surface area contributed by atoms with Crippen molar-refractivity contribution in [3.63, 3.8) is 0 Å². The van der Waals surface area contributed by atoms with Gasteiger partial charge >= 0.3 is 5.97 Å². The maximum absolute atomic E-state index is 13.7. The van der Waals surface area contributed by atoms with Gasteiger partial charge in [0, 0.05) is 38.3 Å². The van der Waals surface area contributed by atoms with Gasteiger partial charge in [-0.25, -0.2) is 9.18 Å². The first-order chi connectivity index (χ1) is 13.9. The van der Waals surface area contributed by atoms with E-state index in [4.69, 9.17) is 9.47 Å². The van der Waals surface area contributed by atoms with E-state index < -0.39 is 17.7 Å². The van der Waals surface area contributed by atoms with Crippen LogP contribution < -0.4 is 5.32 Å². The van der Waals surface area contributed by atoms with E-state index in [0.29, 0.717) is 30.8 Å². The smallest absolute Gasteiger partial charge is 0.336 e. The van der Waals surface area contributed by atoms with Crippen molar-refractivity contribution >= 4 is 17.8 Å². The first kappa shape index (κ1) is 22.5. The fourth-order valence-electron chi connectivity index (χ4n) is 3.33. The zero-order valence-corrected chi connectivity index (χ0v) is 17.0. The summed E-state index contributed by atoms with van der Waals surface area (Å²) in [5, 5.41) is 2.72. The Morgan fingerprint density at radius 3 is 2.76 bits per heavy atom. The van der Waals surface area contributed by atoms with Gasteiger partial charge in [-0.2, -0.15) is 0 Å². The molecule has 0 saturated carbocycles. The van der Waals surface area contributed by atoms with Crippen molar-refractivity contribution in [2.24, 2.45) is 0 Å². The lowest BCUT2D eigenvalue weighted by molar-refractivity contribution is -0.141. The molecule has 2 rings (SSSR count). The predicted octanol–water partition coefficient (Wildman–Crippen LogP) is 2.13. The predicted molar refractivity (Wildman–Crippen MR) is 104 cm³/mol. The molecule has 7 nitrogen and oxygen atoms in total. The average Bonchev–Trinajstić information content (AvgIpc) is 2.68. The lowest BCUT2D eigenvalue weighted by Crippen LogP contribution is -2.44. The number of esters is 1. The van der Waals surface area contributed by atoms with E-state index in [-0.39, 0.29) is 37.0 Å². The summed E-state index contributed by atoms with van der Waals surface area (Å²) >= 11 is 0. The van der Waals surface area contributed by atoms with Crippen molar-refractivity contribution in [3.8, 4) is 0 Å². The molecule has 0 fully saturated rings. The Kier molecular flexibility index (Phi) is 8.33. The number of ether oxygens (including phenoxy) is 2. The highest BCUT2D eigenvalue weighted by atomic mass is 19.1. The minimum absolute atomic E-state index is 0.0497. The number of hydrogen-bond acceptors (Lipinski definition) is 5. The second kappa shape index (κ2) is 10.7. The molecule has 1 atom stereocenters. The number of hydrogen-bond donors (Lipinski definition) is 1. The summed E-state index contributed by atoms with van der Waals surface area (Å²) in [7, 11) is 1.58. The number of halogens is 1. The van der Waals surface area contributed by atoms with E-state index in [1.807, 2.05) is 0 Å². The van der Waals surface area contributed by atoms with Crippen LogP contribution in [0.4, 0.5) is 4.39 Å². The third kappa shape index (κ3) is 5.87. The van der Waals surface area contributed by atoms with Crippen molar-refractivity contribution in [2.45, 2.75) is 32.6 Å². The van der Waals surface area contributed by atoms with Crippen LogP contribution in [0.3, 0.4) is 0 Å². The van der Waals surface area contributed by atoms with E-state index in [1.54, 1.807) is 27.0 Å². The summed E-state index contributed by atoms with van der Waals surface area (Å²) in [5.41, 5.74) is 1.13. The third-order valence-electron chi connectivity index (χ3n) is 4.72. The Morgan fingerprint density at radius 2 is 2.10 bits per heavy atom. The zero-order valence-electron chi connectivity index (χ0n) is 17.0. The van der Waals surface area contributed by atoms with Gasteiger partial charge in [0.2, 0.25) is 11.8 Å². The van der Waals surface area contributed by atoms with Gasteiger partial charge in [-0.1, -0.05) is 12.1 Å². The monoisotopic (exact) mass is 406 g/mol. The van der Waals surface area contributed by atoms with Gasteiger partial charge in [0.05, 0.1) is 12.2 Å². The standard InChI is InChI=1S/C21H27FN2O5/c1-4-29-21(27)20-14(2)24(13-18(25)23-9-6-10-28-3)19(26)12-17(20)15-7-5-8-16(22)11-15/h5,7-8,11,17H,4,6,9-10,12-13H2,1-3H3,(H,23,25). The summed E-state index contributed by atoms with van der Waals surface area (Å²) in [6, 6.07) is 5.82. The lowest BCUT2D eigenvalue weighted by Gasteiger charge is -2.34. The highest BCUT2D eigenvalue weighted by Crippen LogP contribution is 2.37. The minimum Gasteiger partial charge on any atom is -0.463 e. The number of carbonyl (C=O) groups is 3. The average molecular weight is 406 g/mol. The van der Waals surface area contributed by atoms with Gasteiger partial charge < -0.3 is 19.7 Å². The largest absolute Gasteiger partial charge is 0.463 e. The molecule has 1 aromatic carbocycles. The molecular weight excluding hydrogens is 379 g/mol. The summed E-state index contributed by atoms with van der Waals surface area (Å²) in [5.74, 6) is -2.29. The number of benzene rings is 1. The quantitative estimate of drug-likeness (QED) is 0.502. The highest BCUT2D eigenvalue weighted by Gasteiger charge is 2.37. The molecule has 0 aromatic heterocycles. The van der Waals surface area contributed by atoms with Gasteiger partial charge in [0.15, 0.2) is 0 Å². The normalized spacial score (nSPS) is 16.8. The molecule has 1 aliphatic rings. The molecule has 2 amide bonds. The molecule has 1 unspecified atom stereocenters. The molecule has 1 aromatic rings. The summed E-state index contributed by atoms with van der Waals surface area (Å²) in [6.45, 7) is 4.20. The van der Waals surface area contributed by atoms with E-state index in [2.05, 4.69) is 5.32 Å². The van der Waals surface area contributed by atoms with E-state index in [9.17, 15) is 18.8 Å². The maximum Gasteiger partial charge on any atom is 0.336 e. The first-order valence-electron chi connectivity index (χ1n) is 9.58. The van der Waals surface area contributed by atoms with Crippen LogP contribution in [0.1, 0.15) is 38.2 Å². The Bertz CT molecular complexity index is 793. The van der Waals surface area contributed by atoms with Gasteiger partial charge in [0.1, 0.15) is 12.4 Å². The molecule has 0 bridgehead atoms. The second-order valence-electron chi connectivity index (χ2n) is 6.71. The molecule has 158 valence electrons. The number of carbonyl (C=O) groups excluding carboxylic acids is 3. The molecule has 0 spiro atoms. The Hall–Kier alpha value is -2.74. The highest BCUT2D eigenvalue weighted by molar-refractivity contribution is 5.97. The maximum atomic E-state index is 13.7. The molecule has 0 aliphatic carbocycles. The Balaban J connectivity index is 2.29. The molecule has 29 heavy (non-hydrogen) atoms. The van der Waals surface area contributed by atoms with Gasteiger partial charge in [-0.3, -0.25) is 9.59 Å². The molecule has 0 radical (unpaired) electrons. The fraction of sp³-hybridized carbons (Fsp3) is 0.476. The summed E-state index contributed by atoms with van der Waals surface area (Å²) < 4.78 is 23.8. The molecule has 0 saturated heterocycles. The number of methoxy groups -OCH3 is 1. The third-order valence-corrected chi connectivity index (χ3v) is 4.72. The second-order valence-corrected chi connectivity index (χ2v) is 6.71. The molecule has 1 N–H and O–H groups in total. The molecule has 8 heteroatoms. The first-order valence-corrected chi connectivity index (χ1v) is 9.58. The van der Waals surface area contributed by atoms with Crippen LogP contribution in [0.5, 0.6) is 0 Å². The SMILES string of the molecule is CCOC(=O)C1=C(C)N(CC(=O)NCCCOC)C(=O)CC1c1cccc(F)c1. The van der Waals surface area contributed by atoms with Crippen LogP contribution in [-0.2, 0) is 23.9 Å². The number of rotatable bonds is 9. The molecule has 1 aliphatic heterocycles. The van der Waals surface area contributed by atoms with Crippen molar-refractivity contribution < 1.29 is 28.2 Å². The van der Waals surface area contributed by atoms with Gasteiger partial charge in [-0.15, -0.1) is 0 Å². The Labute approximate surface area is 169 Å². The number of nitrogens with one attached hydrogen (secondary N) is 1. The molecule has 1 heterocycles. The van der Waals surface area contributed by atoms with Crippen LogP contribution in [0, 0.1) is 5.82 Å². The van der Waals surface area contributed by atoms with E-state index >= 15 is 0 Å². The van der Waals surface area contributed by atoms with Gasteiger partial charge in [-0.05, 0) is 38.0 Å². The lowest BCUT2D eigenvalue weighted by atomic mass is 9.83. The van der Waals surface area contributed by atoms with Crippen LogP contribution in [0.15, 0.2) is 35.5 Å². The van der Waals surface area contributed by atoms with Crippen molar-refractivity contribution in [1.82, 2.24) is 10.2 Å². The van der Waals surface area contributed by atoms with Crippen LogP contribution in [-0.4, -0.2) is 56.1 Å². The van der Waals surface area contributed by atoms with Gasteiger partial charge in [0.25, 0.3) is 0 Å². The van der Waals surface area contributed by atoms with E-state index in [0.717, 1.165) is 0 Å². The number of allylic oxidation sites excluding steroid dienone is 1. The number of nitrogens with zero attached hydrogens (tertiary/aromatic N) is 1. The van der Waals surface area contributed by atoms with Crippen molar-refractivity contribution in [1.29, 1.82) is 0 Å². The topological polar surface area (TPSA) is 84.9 Å². The minimum atomic E-state index is -0.627. The van der Waals surface area contributed by atoms with Crippen LogP contribution in [0.2, 0.25) is 0 Å². The summed E-state index contributed by atoms with van der Waals surface area (Å²) in [6.07, 6.45) is 0.604. The fourth-order valence-corrected chi connectivity index (χ4v) is 3.33. The molecular formula is C21H27FN2O5. The van der Waals surface area contributed by atoms with Crippen LogP contribution in [0.25, 0.3) is 0 Å². The number of amides is 2. The zero-order chi connectivity index (χ0) is 21.4. The van der Waals surface area contributed by atoms with Crippen LogP contribution >= 0.6 is 0 Å². The van der Waals surface area contributed by atoms with E-state index in [1.165, 1.54) is 23.1 Å². The summed E-state index contributed by atoms with van der Waals surface area (Å²) in [4.78, 5) is 38.9.